The van der Waals surface area contributed by atoms with Crippen molar-refractivity contribution in [2.45, 2.75) is 40.5 Å². The van der Waals surface area contributed by atoms with Crippen LogP contribution in [0.25, 0.3) is 0 Å². The molecule has 0 amide bonds. The Hall–Kier alpha value is -0.434. The predicted octanol–water partition coefficient (Wildman–Crippen LogP) is 2.31. The molecule has 0 saturated carbocycles. The Bertz CT molecular complexity index is 247. The van der Waals surface area contributed by atoms with Gasteiger partial charge in [-0.1, -0.05) is 0 Å². The van der Waals surface area contributed by atoms with Crippen molar-refractivity contribution >= 4 is 23.3 Å². The first-order valence-corrected chi connectivity index (χ1v) is 9.35. The van der Waals surface area contributed by atoms with Gasteiger partial charge in [0.2, 0.25) is 0 Å². The summed E-state index contributed by atoms with van der Waals surface area (Å²) < 4.78 is 21.5. The minimum absolute atomic E-state index is 0.353. The van der Waals surface area contributed by atoms with E-state index in [1.54, 1.807) is 13.8 Å². The van der Waals surface area contributed by atoms with Crippen LogP contribution in [0.3, 0.4) is 0 Å². The monoisotopic (exact) mass is 316 g/mol. The second-order valence-electron chi connectivity index (χ2n) is 3.66. The van der Waals surface area contributed by atoms with Crippen molar-refractivity contribution in [3.63, 3.8) is 0 Å². The summed E-state index contributed by atoms with van der Waals surface area (Å²) in [5, 5.41) is 0. The molecule has 0 aromatic rings. The normalized spacial score (nSPS) is 11.7. The molecule has 0 heterocycles. The van der Waals surface area contributed by atoms with Gasteiger partial charge in [-0.15, -0.1) is 0 Å². The quantitative estimate of drug-likeness (QED) is 0.268. The maximum absolute atomic E-state index is 11.2. The van der Waals surface area contributed by atoms with Crippen LogP contribution in [0.1, 0.15) is 40.5 Å². The summed E-state index contributed by atoms with van der Waals surface area (Å²) in [4.78, 5) is 11.2. The molecule has 0 aliphatic rings. The van der Waals surface area contributed by atoms with Crippen molar-refractivity contribution in [2.75, 3.05) is 19.8 Å². The van der Waals surface area contributed by atoms with Crippen LogP contribution in [-0.2, 0) is 20.1 Å². The van der Waals surface area contributed by atoms with Crippen LogP contribution in [0, 0.1) is 0 Å². The van der Waals surface area contributed by atoms with Gasteiger partial charge >= 0.3 is 116 Å². The van der Waals surface area contributed by atoms with Crippen molar-refractivity contribution in [1.82, 2.24) is 0 Å². The summed E-state index contributed by atoms with van der Waals surface area (Å²) in [5.74, 6) is 0.0905. The summed E-state index contributed by atoms with van der Waals surface area (Å²) >= 11 is -2.68. The van der Waals surface area contributed by atoms with Gasteiger partial charge in [0, 0.05) is 0 Å². The van der Waals surface area contributed by atoms with E-state index in [-0.39, 0.29) is 0 Å². The zero-order valence-corrected chi connectivity index (χ0v) is 14.2. The average molecular weight is 317 g/mol. The number of esters is 1. The Kier molecular flexibility index (Phi) is 11.4. The fraction of sp³-hybridized carbons (Fsp3) is 0.750. The van der Waals surface area contributed by atoms with E-state index in [1.165, 1.54) is 6.08 Å². The molecule has 0 fully saturated rings. The SMILES string of the molecule is CCC[O][Ga-]([O]CCC)[O]C(C)=CC(=O)OCC. The van der Waals surface area contributed by atoms with E-state index in [1.807, 2.05) is 13.8 Å². The van der Waals surface area contributed by atoms with E-state index in [4.69, 9.17) is 15.3 Å². The standard InChI is InChI=1S/C6H10O3.2C3H7O.Ga/c1-3-9-6(8)4-5(2)7;2*1-2-3-4;/h4,7H,3H2,1-2H3;2*2-3H2,1H3;/q;2*-1;+2/p-1. The third kappa shape index (κ3) is 9.58. The number of carbonyl (C=O) groups is 1. The predicted molar refractivity (Wildman–Crippen MR) is 69.7 cm³/mol. The van der Waals surface area contributed by atoms with Crippen LogP contribution < -0.4 is 0 Å². The minimum atomic E-state index is -2.68. The molecule has 0 bridgehead atoms. The Morgan fingerprint density at radius 3 is 2.11 bits per heavy atom. The van der Waals surface area contributed by atoms with Gasteiger partial charge in [-0.3, -0.25) is 0 Å². The number of carbonyl (C=O) groups excluding carboxylic acids is 1. The zero-order chi connectivity index (χ0) is 13.8. The van der Waals surface area contributed by atoms with E-state index in [2.05, 4.69) is 0 Å². The van der Waals surface area contributed by atoms with Crippen LogP contribution >= 0.6 is 0 Å². The third-order valence-electron chi connectivity index (χ3n) is 1.81. The van der Waals surface area contributed by atoms with Crippen LogP contribution in [0.5, 0.6) is 0 Å². The van der Waals surface area contributed by atoms with Crippen LogP contribution in [0.2, 0.25) is 0 Å². The molecule has 105 valence electrons. The van der Waals surface area contributed by atoms with Crippen LogP contribution in [-0.4, -0.2) is 43.1 Å². The molecule has 0 aromatic carbocycles. The van der Waals surface area contributed by atoms with E-state index >= 15 is 0 Å². The maximum atomic E-state index is 11.2. The van der Waals surface area contributed by atoms with Gasteiger partial charge in [-0.25, -0.2) is 0 Å². The molecule has 0 spiro atoms. The van der Waals surface area contributed by atoms with Crippen molar-refractivity contribution in [1.29, 1.82) is 0 Å². The fourth-order valence-corrected chi connectivity index (χ4v) is 4.14. The van der Waals surface area contributed by atoms with Gasteiger partial charge in [-0.05, 0) is 0 Å². The van der Waals surface area contributed by atoms with E-state index in [0.29, 0.717) is 25.6 Å². The molecule has 0 unspecified atom stereocenters. The molecule has 0 rings (SSSR count). The van der Waals surface area contributed by atoms with Gasteiger partial charge < -0.3 is 0 Å². The van der Waals surface area contributed by atoms with Gasteiger partial charge in [0.15, 0.2) is 0 Å². The molecule has 18 heavy (non-hydrogen) atoms. The third-order valence-corrected chi connectivity index (χ3v) is 5.12. The Labute approximate surface area is 116 Å². The topological polar surface area (TPSA) is 54.0 Å². The second-order valence-corrected chi connectivity index (χ2v) is 6.76. The first-order valence-electron chi connectivity index (χ1n) is 6.38. The first-order chi connectivity index (χ1) is 8.63. The fourth-order valence-electron chi connectivity index (χ4n) is 1.08. The van der Waals surface area contributed by atoms with Crippen molar-refractivity contribution in [3.8, 4) is 0 Å². The molecule has 0 atom stereocenters. The van der Waals surface area contributed by atoms with E-state index in [9.17, 15) is 4.79 Å². The number of hydrogen-bond donors (Lipinski definition) is 0. The number of rotatable bonds is 10. The van der Waals surface area contributed by atoms with Gasteiger partial charge in [0.25, 0.3) is 0 Å². The molecular formula is C12H23GaO5-. The molecule has 0 aliphatic heterocycles. The van der Waals surface area contributed by atoms with Crippen LogP contribution in [0.15, 0.2) is 11.8 Å². The summed E-state index contributed by atoms with van der Waals surface area (Å²) in [7, 11) is 0. The molecular weight excluding hydrogens is 294 g/mol. The Morgan fingerprint density at radius 2 is 1.67 bits per heavy atom. The van der Waals surface area contributed by atoms with E-state index < -0.39 is 23.3 Å². The van der Waals surface area contributed by atoms with Gasteiger partial charge in [0.05, 0.1) is 0 Å². The molecule has 0 aliphatic carbocycles. The molecule has 0 saturated heterocycles. The van der Waals surface area contributed by atoms with E-state index in [0.717, 1.165) is 12.8 Å². The number of hydrogen-bond acceptors (Lipinski definition) is 5. The number of allylic oxidation sites excluding steroid dienone is 1. The first kappa shape index (κ1) is 17.6. The second kappa shape index (κ2) is 11.6. The van der Waals surface area contributed by atoms with Crippen molar-refractivity contribution in [2.24, 2.45) is 0 Å². The number of ether oxygens (including phenoxy) is 1. The molecule has 5 nitrogen and oxygen atoms in total. The summed E-state index contributed by atoms with van der Waals surface area (Å²) in [6, 6.07) is 0. The molecule has 0 aromatic heterocycles. The molecule has 1 radical (unpaired) electrons. The Balaban J connectivity index is 4.22. The Morgan fingerprint density at radius 1 is 1.11 bits per heavy atom. The van der Waals surface area contributed by atoms with Crippen molar-refractivity contribution < 1.29 is 20.1 Å². The summed E-state index contributed by atoms with van der Waals surface area (Å²) in [6.45, 7) is 9.13. The zero-order valence-electron chi connectivity index (χ0n) is 11.7. The summed E-state index contributed by atoms with van der Waals surface area (Å²) in [6.07, 6.45) is 3.16. The molecule has 0 N–H and O–H groups in total. The van der Waals surface area contributed by atoms with Crippen LogP contribution in [0.4, 0.5) is 0 Å². The summed E-state index contributed by atoms with van der Waals surface area (Å²) in [5.41, 5.74) is 0. The van der Waals surface area contributed by atoms with Gasteiger partial charge in [-0.2, -0.15) is 0 Å². The molecule has 6 heteroatoms. The average Bonchev–Trinajstić information content (AvgIpc) is 2.32. The van der Waals surface area contributed by atoms with Gasteiger partial charge in [0.1, 0.15) is 0 Å². The van der Waals surface area contributed by atoms with Crippen molar-refractivity contribution in [3.05, 3.63) is 11.8 Å².